The highest BCUT2D eigenvalue weighted by atomic mass is 32.2. The van der Waals surface area contributed by atoms with Crippen LogP contribution in [0.4, 0.5) is 5.82 Å². The van der Waals surface area contributed by atoms with Crippen LogP contribution < -0.4 is 5.73 Å². The first kappa shape index (κ1) is 13.9. The summed E-state index contributed by atoms with van der Waals surface area (Å²) >= 11 is 1.59. The molecule has 0 unspecified atom stereocenters. The molecular weight excluding hydrogens is 280 g/mol. The monoisotopic (exact) mass is 294 g/mol. The maximum Gasteiger partial charge on any atom is 0.175 e. The summed E-state index contributed by atoms with van der Waals surface area (Å²) in [6.07, 6.45) is 1.20. The second-order valence-electron chi connectivity index (χ2n) is 4.09. The quantitative estimate of drug-likeness (QED) is 0.876. The Kier molecular flexibility index (Phi) is 4.11. The van der Waals surface area contributed by atoms with Gasteiger partial charge in [-0.25, -0.2) is 13.4 Å². The Morgan fingerprint density at radius 1 is 1.16 bits per heavy atom. The number of nitrogen functional groups attached to an aromatic ring is 1. The number of aromatic nitrogens is 1. The zero-order valence-electron chi connectivity index (χ0n) is 10.4. The molecule has 6 heteroatoms. The van der Waals surface area contributed by atoms with Gasteiger partial charge in [-0.05, 0) is 36.4 Å². The summed E-state index contributed by atoms with van der Waals surface area (Å²) in [6, 6.07) is 12.4. The highest BCUT2D eigenvalue weighted by molar-refractivity contribution is 7.98. The molecule has 0 bridgehead atoms. The molecule has 0 aliphatic carbocycles. The third-order valence-electron chi connectivity index (χ3n) is 2.47. The highest BCUT2D eigenvalue weighted by Gasteiger charge is 2.06. The molecule has 1 heterocycles. The molecule has 0 saturated heterocycles. The lowest BCUT2D eigenvalue weighted by Crippen LogP contribution is -1.96. The van der Waals surface area contributed by atoms with E-state index >= 15 is 0 Å². The highest BCUT2D eigenvalue weighted by Crippen LogP contribution is 2.23. The molecule has 4 nitrogen and oxygen atoms in total. The maximum absolute atomic E-state index is 11.3. The van der Waals surface area contributed by atoms with Crippen molar-refractivity contribution in [2.75, 3.05) is 12.0 Å². The number of benzene rings is 1. The Morgan fingerprint density at radius 2 is 1.84 bits per heavy atom. The van der Waals surface area contributed by atoms with Crippen molar-refractivity contribution in [3.05, 3.63) is 48.2 Å². The number of rotatable bonds is 4. The van der Waals surface area contributed by atoms with Crippen LogP contribution in [0.15, 0.2) is 52.3 Å². The van der Waals surface area contributed by atoms with Gasteiger partial charge in [-0.2, -0.15) is 0 Å². The summed E-state index contributed by atoms with van der Waals surface area (Å²) < 4.78 is 22.7. The van der Waals surface area contributed by atoms with E-state index in [0.717, 1.165) is 10.6 Å². The minimum absolute atomic E-state index is 0.332. The summed E-state index contributed by atoms with van der Waals surface area (Å²) in [4.78, 5) is 5.54. The van der Waals surface area contributed by atoms with Crippen LogP contribution in [-0.2, 0) is 15.6 Å². The fourth-order valence-corrected chi connectivity index (χ4v) is 2.95. The van der Waals surface area contributed by atoms with Gasteiger partial charge < -0.3 is 5.73 Å². The average Bonchev–Trinajstić information content (AvgIpc) is 2.36. The molecule has 0 fully saturated rings. The number of sulfone groups is 1. The standard InChI is InChI=1S/C13H14N2O2S2/c1-19(16,17)12-7-5-11(6-8-12)18-9-10-3-2-4-13(14)15-10/h2-8H,9H2,1H3,(H2,14,15). The van der Waals surface area contributed by atoms with Crippen LogP contribution in [0.25, 0.3) is 0 Å². The molecule has 0 spiro atoms. The van der Waals surface area contributed by atoms with E-state index in [1.54, 1.807) is 42.1 Å². The molecule has 2 aromatic rings. The van der Waals surface area contributed by atoms with Gasteiger partial charge in [0.25, 0.3) is 0 Å². The van der Waals surface area contributed by atoms with E-state index in [4.69, 9.17) is 5.73 Å². The van der Waals surface area contributed by atoms with Crippen LogP contribution in [0.5, 0.6) is 0 Å². The van der Waals surface area contributed by atoms with E-state index in [1.807, 2.05) is 12.1 Å². The van der Waals surface area contributed by atoms with Gasteiger partial charge in [0, 0.05) is 16.9 Å². The second-order valence-corrected chi connectivity index (χ2v) is 7.15. The number of hydrogen-bond acceptors (Lipinski definition) is 5. The van der Waals surface area contributed by atoms with Gasteiger partial charge in [0.2, 0.25) is 0 Å². The van der Waals surface area contributed by atoms with E-state index < -0.39 is 9.84 Å². The van der Waals surface area contributed by atoms with Gasteiger partial charge >= 0.3 is 0 Å². The van der Waals surface area contributed by atoms with E-state index in [2.05, 4.69) is 4.98 Å². The van der Waals surface area contributed by atoms with Crippen molar-refractivity contribution in [3.63, 3.8) is 0 Å². The topological polar surface area (TPSA) is 73.0 Å². The van der Waals surface area contributed by atoms with Crippen molar-refractivity contribution in [3.8, 4) is 0 Å². The van der Waals surface area contributed by atoms with Crippen molar-refractivity contribution >= 4 is 27.4 Å². The van der Waals surface area contributed by atoms with E-state index in [9.17, 15) is 8.42 Å². The van der Waals surface area contributed by atoms with Crippen LogP contribution in [0.1, 0.15) is 5.69 Å². The lowest BCUT2D eigenvalue weighted by molar-refractivity contribution is 0.602. The molecule has 0 atom stereocenters. The third-order valence-corrected chi connectivity index (χ3v) is 4.64. The zero-order valence-corrected chi connectivity index (χ0v) is 12.0. The first-order valence-electron chi connectivity index (χ1n) is 5.59. The van der Waals surface area contributed by atoms with E-state index in [-0.39, 0.29) is 0 Å². The van der Waals surface area contributed by atoms with Crippen molar-refractivity contribution in [2.24, 2.45) is 0 Å². The predicted molar refractivity (Wildman–Crippen MR) is 77.8 cm³/mol. The van der Waals surface area contributed by atoms with Gasteiger partial charge in [0.1, 0.15) is 5.82 Å². The maximum atomic E-state index is 11.3. The molecule has 2 rings (SSSR count). The van der Waals surface area contributed by atoms with Gasteiger partial charge in [0.05, 0.1) is 10.6 Å². The molecule has 1 aromatic carbocycles. The Labute approximate surface area is 117 Å². The molecule has 1 aromatic heterocycles. The number of nitrogens with zero attached hydrogens (tertiary/aromatic N) is 1. The lowest BCUT2D eigenvalue weighted by Gasteiger charge is -2.03. The Hall–Kier alpha value is -1.53. The summed E-state index contributed by atoms with van der Waals surface area (Å²) in [7, 11) is -3.13. The minimum atomic E-state index is -3.13. The SMILES string of the molecule is CS(=O)(=O)c1ccc(SCc2cccc(N)n2)cc1. The number of hydrogen-bond donors (Lipinski definition) is 1. The number of pyridine rings is 1. The zero-order chi connectivity index (χ0) is 13.9. The summed E-state index contributed by atoms with van der Waals surface area (Å²) in [5, 5.41) is 0. The number of anilines is 1. The molecular formula is C13H14N2O2S2. The minimum Gasteiger partial charge on any atom is -0.384 e. The van der Waals surface area contributed by atoms with Crippen molar-refractivity contribution in [1.82, 2.24) is 4.98 Å². The van der Waals surface area contributed by atoms with Crippen LogP contribution >= 0.6 is 11.8 Å². The van der Waals surface area contributed by atoms with Gasteiger partial charge in [-0.1, -0.05) is 6.07 Å². The normalized spacial score (nSPS) is 11.4. The lowest BCUT2D eigenvalue weighted by atomic mass is 10.4. The predicted octanol–water partition coefficient (Wildman–Crippen LogP) is 2.36. The molecule has 2 N–H and O–H groups in total. The van der Waals surface area contributed by atoms with E-state index in [1.165, 1.54) is 6.26 Å². The number of thioether (sulfide) groups is 1. The van der Waals surface area contributed by atoms with Crippen molar-refractivity contribution < 1.29 is 8.42 Å². The Morgan fingerprint density at radius 3 is 2.42 bits per heavy atom. The molecule has 0 amide bonds. The molecule has 19 heavy (non-hydrogen) atoms. The Bertz CT molecular complexity index is 667. The smallest absolute Gasteiger partial charge is 0.175 e. The van der Waals surface area contributed by atoms with Crippen molar-refractivity contribution in [2.45, 2.75) is 15.5 Å². The molecule has 0 radical (unpaired) electrons. The summed E-state index contributed by atoms with van der Waals surface area (Å²) in [6.45, 7) is 0. The molecule has 0 aliphatic heterocycles. The molecule has 0 saturated carbocycles. The second kappa shape index (κ2) is 5.63. The van der Waals surface area contributed by atoms with Crippen LogP contribution in [0.2, 0.25) is 0 Å². The Balaban J connectivity index is 2.05. The van der Waals surface area contributed by atoms with Crippen LogP contribution in [0.3, 0.4) is 0 Å². The largest absolute Gasteiger partial charge is 0.384 e. The van der Waals surface area contributed by atoms with E-state index in [0.29, 0.717) is 16.5 Å². The first-order chi connectivity index (χ1) is 8.95. The molecule has 100 valence electrons. The van der Waals surface area contributed by atoms with Crippen LogP contribution in [0, 0.1) is 0 Å². The summed E-state index contributed by atoms with van der Waals surface area (Å²) in [5.74, 6) is 1.20. The van der Waals surface area contributed by atoms with Gasteiger partial charge in [0.15, 0.2) is 9.84 Å². The fourth-order valence-electron chi connectivity index (χ4n) is 1.52. The fraction of sp³-hybridized carbons (Fsp3) is 0.154. The number of nitrogens with two attached hydrogens (primary N) is 1. The average molecular weight is 294 g/mol. The van der Waals surface area contributed by atoms with Gasteiger partial charge in [-0.15, -0.1) is 11.8 Å². The first-order valence-corrected chi connectivity index (χ1v) is 8.47. The summed E-state index contributed by atoms with van der Waals surface area (Å²) in [5.41, 5.74) is 6.51. The molecule has 0 aliphatic rings. The van der Waals surface area contributed by atoms with Crippen molar-refractivity contribution in [1.29, 1.82) is 0 Å². The third kappa shape index (κ3) is 3.97. The van der Waals surface area contributed by atoms with Gasteiger partial charge in [-0.3, -0.25) is 0 Å². The van der Waals surface area contributed by atoms with Crippen LogP contribution in [-0.4, -0.2) is 19.7 Å².